The lowest BCUT2D eigenvalue weighted by molar-refractivity contribution is 0.0955. The number of carbonyl (C=O) groups excluding carboxylic acids is 1. The van der Waals surface area contributed by atoms with Crippen LogP contribution in [0.15, 0.2) is 126 Å². The summed E-state index contributed by atoms with van der Waals surface area (Å²) in [6, 6.07) is 29.7. The van der Waals surface area contributed by atoms with Crippen LogP contribution in [0.5, 0.6) is 5.75 Å². The molecule has 0 radical (unpaired) electrons. The van der Waals surface area contributed by atoms with Crippen LogP contribution in [0.2, 0.25) is 0 Å². The van der Waals surface area contributed by atoms with E-state index >= 15 is 0 Å². The van der Waals surface area contributed by atoms with Crippen LogP contribution in [0.4, 0.5) is 0 Å². The first-order chi connectivity index (χ1) is 17.5. The Kier molecular flexibility index (Phi) is 6.34. The highest BCUT2D eigenvalue weighted by Crippen LogP contribution is 2.23. The number of nitrogens with zero attached hydrogens (tertiary/aromatic N) is 2. The average Bonchev–Trinajstić information content (AvgIpc) is 3.44. The first-order valence-corrected chi connectivity index (χ1v) is 12.5. The molecule has 1 N–H and O–H groups in total. The van der Waals surface area contributed by atoms with Gasteiger partial charge in [0.25, 0.3) is 5.91 Å². The summed E-state index contributed by atoms with van der Waals surface area (Å²) in [6.45, 7) is 0. The lowest BCUT2D eigenvalue weighted by Crippen LogP contribution is -2.19. The largest absolute Gasteiger partial charge is 0.379 e. The second-order valence-electron chi connectivity index (χ2n) is 7.92. The Morgan fingerprint density at radius 3 is 2.28 bits per heavy atom. The standard InChI is InChI=1S/C28H21N3O4S/c32-28(26-9-3-4-10-27(26)31-17-5-6-18-31)30-29-20-21-11-14-24(15-12-21)35-36(33,34)25-16-13-22-7-1-2-8-23(22)19-25/h1-20H,(H,30,32)/b29-20-. The molecule has 0 spiro atoms. The van der Waals surface area contributed by atoms with E-state index in [0.29, 0.717) is 11.1 Å². The van der Waals surface area contributed by atoms with Crippen LogP contribution >= 0.6 is 0 Å². The van der Waals surface area contributed by atoms with Crippen molar-refractivity contribution in [2.45, 2.75) is 4.90 Å². The highest BCUT2D eigenvalue weighted by Gasteiger charge is 2.17. The second-order valence-corrected chi connectivity index (χ2v) is 9.47. The summed E-state index contributed by atoms with van der Waals surface area (Å²) in [5.41, 5.74) is 4.41. The van der Waals surface area contributed by atoms with Crippen LogP contribution in [0.1, 0.15) is 15.9 Å². The molecule has 178 valence electrons. The van der Waals surface area contributed by atoms with Crippen molar-refractivity contribution in [3.05, 3.63) is 127 Å². The van der Waals surface area contributed by atoms with Gasteiger partial charge in [-0.1, -0.05) is 42.5 Å². The molecule has 4 aromatic carbocycles. The van der Waals surface area contributed by atoms with E-state index in [1.807, 2.05) is 65.5 Å². The number of rotatable bonds is 7. The van der Waals surface area contributed by atoms with Crippen molar-refractivity contribution < 1.29 is 17.4 Å². The molecule has 0 aliphatic rings. The first-order valence-electron chi connectivity index (χ1n) is 11.1. The Balaban J connectivity index is 1.24. The van der Waals surface area contributed by atoms with Gasteiger partial charge < -0.3 is 8.75 Å². The summed E-state index contributed by atoms with van der Waals surface area (Å²) in [7, 11) is -3.99. The summed E-state index contributed by atoms with van der Waals surface area (Å²) in [5.74, 6) is -0.179. The number of hydrogen-bond acceptors (Lipinski definition) is 5. The van der Waals surface area contributed by atoms with E-state index < -0.39 is 10.1 Å². The number of hydrogen-bond donors (Lipinski definition) is 1. The van der Waals surface area contributed by atoms with E-state index in [2.05, 4.69) is 10.5 Å². The van der Waals surface area contributed by atoms with Crippen LogP contribution in [0.25, 0.3) is 16.5 Å². The van der Waals surface area contributed by atoms with Gasteiger partial charge in [0.15, 0.2) is 0 Å². The van der Waals surface area contributed by atoms with E-state index in [-0.39, 0.29) is 16.6 Å². The molecule has 0 saturated carbocycles. The van der Waals surface area contributed by atoms with Crippen LogP contribution in [-0.2, 0) is 10.1 Å². The maximum atomic E-state index is 12.7. The van der Waals surface area contributed by atoms with Crippen molar-refractivity contribution in [3.63, 3.8) is 0 Å². The SMILES string of the molecule is O=C(N/N=C\c1ccc(OS(=O)(=O)c2ccc3ccccc3c2)cc1)c1ccccc1-n1cccc1. The maximum Gasteiger partial charge on any atom is 0.339 e. The monoisotopic (exact) mass is 495 g/mol. The highest BCUT2D eigenvalue weighted by molar-refractivity contribution is 7.87. The molecule has 0 saturated heterocycles. The summed E-state index contributed by atoms with van der Waals surface area (Å²) in [4.78, 5) is 12.7. The minimum absolute atomic E-state index is 0.0785. The number of carbonyl (C=O) groups is 1. The number of para-hydroxylation sites is 1. The molecule has 5 rings (SSSR count). The molecule has 0 aliphatic heterocycles. The Labute approximate surface area is 208 Å². The van der Waals surface area contributed by atoms with Gasteiger partial charge >= 0.3 is 10.1 Å². The Morgan fingerprint density at radius 2 is 1.50 bits per heavy atom. The van der Waals surface area contributed by atoms with Gasteiger partial charge in [-0.2, -0.15) is 13.5 Å². The van der Waals surface area contributed by atoms with E-state index in [4.69, 9.17) is 4.18 Å². The zero-order chi connectivity index (χ0) is 25.0. The third kappa shape index (κ3) is 5.03. The van der Waals surface area contributed by atoms with E-state index in [9.17, 15) is 13.2 Å². The van der Waals surface area contributed by atoms with Crippen molar-refractivity contribution in [1.82, 2.24) is 9.99 Å². The summed E-state index contributed by atoms with van der Waals surface area (Å²) in [6.07, 6.45) is 5.19. The molecular weight excluding hydrogens is 474 g/mol. The number of benzene rings is 4. The molecule has 0 atom stereocenters. The number of hydrazone groups is 1. The Bertz CT molecular complexity index is 1660. The molecule has 7 nitrogen and oxygen atoms in total. The normalized spacial score (nSPS) is 11.6. The smallest absolute Gasteiger partial charge is 0.339 e. The van der Waals surface area contributed by atoms with Gasteiger partial charge in [0.2, 0.25) is 0 Å². The third-order valence-corrected chi connectivity index (χ3v) is 6.75. The van der Waals surface area contributed by atoms with E-state index in [1.54, 1.807) is 36.4 Å². The van der Waals surface area contributed by atoms with Crippen LogP contribution < -0.4 is 9.61 Å². The van der Waals surface area contributed by atoms with Crippen LogP contribution in [0.3, 0.4) is 0 Å². The minimum Gasteiger partial charge on any atom is -0.379 e. The van der Waals surface area contributed by atoms with Gasteiger partial charge in [0.1, 0.15) is 10.6 Å². The van der Waals surface area contributed by atoms with Gasteiger partial charge in [0.05, 0.1) is 17.5 Å². The van der Waals surface area contributed by atoms with Gasteiger partial charge in [-0.3, -0.25) is 4.79 Å². The topological polar surface area (TPSA) is 89.8 Å². The zero-order valence-electron chi connectivity index (χ0n) is 19.0. The van der Waals surface area contributed by atoms with Crippen molar-refractivity contribution in [2.24, 2.45) is 5.10 Å². The van der Waals surface area contributed by atoms with Crippen molar-refractivity contribution in [1.29, 1.82) is 0 Å². The number of aromatic nitrogens is 1. The van der Waals surface area contributed by atoms with Crippen molar-refractivity contribution >= 4 is 33.0 Å². The molecular formula is C28H21N3O4S. The number of fused-ring (bicyclic) bond motifs is 1. The summed E-state index contributed by atoms with van der Waals surface area (Å²) >= 11 is 0. The maximum absolute atomic E-state index is 12.7. The number of nitrogens with one attached hydrogen (secondary N) is 1. The van der Waals surface area contributed by atoms with Gasteiger partial charge in [-0.15, -0.1) is 0 Å². The van der Waals surface area contributed by atoms with Crippen molar-refractivity contribution in [3.8, 4) is 11.4 Å². The lowest BCUT2D eigenvalue weighted by Gasteiger charge is -2.09. The average molecular weight is 496 g/mol. The molecule has 1 heterocycles. The van der Waals surface area contributed by atoms with Gasteiger partial charge in [-0.05, 0) is 77.0 Å². The molecule has 5 aromatic rings. The molecule has 0 aliphatic carbocycles. The van der Waals surface area contributed by atoms with Crippen LogP contribution in [-0.4, -0.2) is 25.1 Å². The van der Waals surface area contributed by atoms with Gasteiger partial charge in [0, 0.05) is 12.4 Å². The van der Waals surface area contributed by atoms with Crippen LogP contribution in [0, 0.1) is 0 Å². The predicted octanol–water partition coefficient (Wildman–Crippen LogP) is 5.16. The number of amides is 1. The molecule has 0 unspecified atom stereocenters. The zero-order valence-corrected chi connectivity index (χ0v) is 19.8. The fourth-order valence-corrected chi connectivity index (χ4v) is 4.69. The Hall–Kier alpha value is -4.69. The molecule has 36 heavy (non-hydrogen) atoms. The van der Waals surface area contributed by atoms with E-state index in [0.717, 1.165) is 16.5 Å². The third-order valence-electron chi connectivity index (χ3n) is 5.51. The summed E-state index contributed by atoms with van der Waals surface area (Å²) in [5, 5.41) is 5.78. The van der Waals surface area contributed by atoms with E-state index in [1.165, 1.54) is 24.4 Å². The van der Waals surface area contributed by atoms with Crippen molar-refractivity contribution in [2.75, 3.05) is 0 Å². The minimum atomic E-state index is -3.99. The predicted molar refractivity (Wildman–Crippen MR) is 139 cm³/mol. The Morgan fingerprint density at radius 1 is 0.806 bits per heavy atom. The van der Waals surface area contributed by atoms with Gasteiger partial charge in [-0.25, -0.2) is 5.43 Å². The first kappa shape index (κ1) is 23.1. The molecule has 0 bridgehead atoms. The molecule has 8 heteroatoms. The highest BCUT2D eigenvalue weighted by atomic mass is 32.2. The lowest BCUT2D eigenvalue weighted by atomic mass is 10.1. The fourth-order valence-electron chi connectivity index (χ4n) is 3.72. The second kappa shape index (κ2) is 9.89. The fraction of sp³-hybridized carbons (Fsp3) is 0. The quantitative estimate of drug-likeness (QED) is 0.192. The molecule has 0 fully saturated rings. The molecule has 1 aromatic heterocycles. The summed E-state index contributed by atoms with van der Waals surface area (Å²) < 4.78 is 32.6. The molecule has 1 amide bonds.